The van der Waals surface area contributed by atoms with Crippen molar-refractivity contribution in [3.8, 4) is 0 Å². The second kappa shape index (κ2) is 7.66. The molecule has 1 rings (SSSR count). The number of allylic oxidation sites excluding steroid dienone is 1. The number of carbonyl (C=O) groups is 1. The van der Waals surface area contributed by atoms with Crippen molar-refractivity contribution >= 4 is 5.97 Å². The summed E-state index contributed by atoms with van der Waals surface area (Å²) in [4.78, 5) is 11.4. The second-order valence-electron chi connectivity index (χ2n) is 3.60. The lowest BCUT2D eigenvalue weighted by Crippen LogP contribution is -2.34. The molecule has 1 N–H and O–H groups in total. The van der Waals surface area contributed by atoms with Crippen LogP contribution in [0, 0.1) is 0 Å². The van der Waals surface area contributed by atoms with Crippen molar-refractivity contribution in [2.75, 3.05) is 0 Å². The minimum absolute atomic E-state index is 0.461. The lowest BCUT2D eigenvalue weighted by atomic mass is 9.75. The summed E-state index contributed by atoms with van der Waals surface area (Å²) in [5, 5.41) is 9.36. The first-order chi connectivity index (χ1) is 8.17. The van der Waals surface area contributed by atoms with Crippen molar-refractivity contribution in [2.45, 2.75) is 39.0 Å². The largest absolute Gasteiger partial charge is 0.481 e. The number of hydrogen-bond donors (Lipinski definition) is 1. The van der Waals surface area contributed by atoms with Gasteiger partial charge in [0.1, 0.15) is 0 Å². The molecule has 0 aliphatic rings. The first-order valence-electron chi connectivity index (χ1n) is 6.07. The molecular weight excluding hydrogens is 212 g/mol. The molecule has 1 unspecified atom stereocenters. The molecule has 1 atom stereocenters. The number of aliphatic carboxylic acids is 1. The van der Waals surface area contributed by atoms with Gasteiger partial charge in [0.25, 0.3) is 0 Å². The Morgan fingerprint density at radius 3 is 2.24 bits per heavy atom. The summed E-state index contributed by atoms with van der Waals surface area (Å²) in [6, 6.07) is 9.35. The number of carboxylic acids is 1. The molecule has 2 heteroatoms. The van der Waals surface area contributed by atoms with Gasteiger partial charge in [0.2, 0.25) is 0 Å². The molecule has 0 heterocycles. The maximum absolute atomic E-state index is 11.4. The van der Waals surface area contributed by atoms with Crippen molar-refractivity contribution in [1.29, 1.82) is 0 Å². The van der Waals surface area contributed by atoms with Gasteiger partial charge in [-0.25, -0.2) is 0 Å². The van der Waals surface area contributed by atoms with Crippen LogP contribution in [0.2, 0.25) is 0 Å². The Bertz CT molecular complexity index is 343. The van der Waals surface area contributed by atoms with Crippen LogP contribution in [0.5, 0.6) is 0 Å². The van der Waals surface area contributed by atoms with E-state index < -0.39 is 11.4 Å². The van der Waals surface area contributed by atoms with Crippen LogP contribution >= 0.6 is 0 Å². The van der Waals surface area contributed by atoms with Gasteiger partial charge in [-0.2, -0.15) is 0 Å². The van der Waals surface area contributed by atoms with E-state index in [9.17, 15) is 9.90 Å². The number of carboxylic acid groups (broad SMARTS) is 1. The van der Waals surface area contributed by atoms with Crippen molar-refractivity contribution in [2.24, 2.45) is 0 Å². The average molecular weight is 234 g/mol. The highest BCUT2D eigenvalue weighted by Crippen LogP contribution is 2.32. The van der Waals surface area contributed by atoms with E-state index in [0.717, 1.165) is 5.56 Å². The summed E-state index contributed by atoms with van der Waals surface area (Å²) in [5.41, 5.74) is 0.0307. The molecule has 2 nitrogen and oxygen atoms in total. The molecule has 0 saturated carbocycles. The maximum Gasteiger partial charge on any atom is 0.314 e. The van der Waals surface area contributed by atoms with Gasteiger partial charge in [0.05, 0.1) is 5.41 Å². The highest BCUT2D eigenvalue weighted by atomic mass is 16.4. The highest BCUT2D eigenvalue weighted by Gasteiger charge is 2.36. The van der Waals surface area contributed by atoms with Gasteiger partial charge in [-0.3, -0.25) is 4.79 Å². The van der Waals surface area contributed by atoms with Crippen molar-refractivity contribution in [3.05, 3.63) is 48.6 Å². The minimum atomic E-state index is -0.816. The Hall–Kier alpha value is -1.57. The quantitative estimate of drug-likeness (QED) is 0.781. The Kier molecular flexibility index (Phi) is 6.95. The van der Waals surface area contributed by atoms with Crippen molar-refractivity contribution in [3.63, 3.8) is 0 Å². The van der Waals surface area contributed by atoms with Gasteiger partial charge in [0, 0.05) is 0 Å². The molecule has 0 aliphatic carbocycles. The Morgan fingerprint density at radius 1 is 1.35 bits per heavy atom. The topological polar surface area (TPSA) is 37.3 Å². The summed E-state index contributed by atoms with van der Waals surface area (Å²) in [5.74, 6) is -0.781. The molecule has 0 spiro atoms. The summed E-state index contributed by atoms with van der Waals surface area (Å²) in [6.07, 6.45) is 2.70. The van der Waals surface area contributed by atoms with E-state index in [4.69, 9.17) is 0 Å². The predicted molar refractivity (Wildman–Crippen MR) is 72.2 cm³/mol. The third-order valence-electron chi connectivity index (χ3n) is 2.83. The van der Waals surface area contributed by atoms with E-state index in [1.807, 2.05) is 51.1 Å². The summed E-state index contributed by atoms with van der Waals surface area (Å²) in [6.45, 7) is 9.53. The van der Waals surface area contributed by atoms with Crippen LogP contribution in [0.1, 0.15) is 39.2 Å². The van der Waals surface area contributed by atoms with E-state index in [-0.39, 0.29) is 0 Å². The van der Waals surface area contributed by atoms with Gasteiger partial charge < -0.3 is 5.11 Å². The van der Waals surface area contributed by atoms with E-state index in [2.05, 4.69) is 6.58 Å². The van der Waals surface area contributed by atoms with Gasteiger partial charge in [-0.15, -0.1) is 6.58 Å². The molecule has 17 heavy (non-hydrogen) atoms. The summed E-state index contributed by atoms with van der Waals surface area (Å²) >= 11 is 0. The zero-order valence-electron chi connectivity index (χ0n) is 10.9. The third-order valence-corrected chi connectivity index (χ3v) is 2.83. The molecule has 0 bridgehead atoms. The number of benzene rings is 1. The van der Waals surface area contributed by atoms with Crippen LogP contribution in [0.25, 0.3) is 0 Å². The van der Waals surface area contributed by atoms with Gasteiger partial charge in [-0.05, 0) is 18.4 Å². The predicted octanol–water partition coefficient (Wildman–Crippen LogP) is 4.02. The first kappa shape index (κ1) is 15.4. The average Bonchev–Trinajstić information content (AvgIpc) is 2.39. The van der Waals surface area contributed by atoms with Crippen LogP contribution in [0.3, 0.4) is 0 Å². The molecule has 1 aromatic rings. The summed E-state index contributed by atoms with van der Waals surface area (Å²) < 4.78 is 0. The molecule has 94 valence electrons. The fourth-order valence-corrected chi connectivity index (χ4v) is 1.83. The standard InChI is InChI=1S/C13H16O2.C2H6/c1-3-10-13(4-2,12(14)15)11-8-6-5-7-9-11;1-2/h3,5-9H,1,4,10H2,2H3,(H,14,15);1-2H3. The van der Waals surface area contributed by atoms with Crippen LogP contribution in [-0.4, -0.2) is 11.1 Å². The smallest absolute Gasteiger partial charge is 0.314 e. The van der Waals surface area contributed by atoms with Crippen molar-refractivity contribution in [1.82, 2.24) is 0 Å². The van der Waals surface area contributed by atoms with E-state index in [0.29, 0.717) is 12.8 Å². The van der Waals surface area contributed by atoms with Gasteiger partial charge in [0.15, 0.2) is 0 Å². The van der Waals surface area contributed by atoms with E-state index in [1.165, 1.54) is 0 Å². The summed E-state index contributed by atoms with van der Waals surface area (Å²) in [7, 11) is 0. The van der Waals surface area contributed by atoms with Gasteiger partial charge >= 0.3 is 5.97 Å². The normalized spacial score (nSPS) is 12.9. The second-order valence-corrected chi connectivity index (χ2v) is 3.60. The lowest BCUT2D eigenvalue weighted by Gasteiger charge is -2.27. The molecular formula is C15H22O2. The molecule has 0 aliphatic heterocycles. The van der Waals surface area contributed by atoms with E-state index in [1.54, 1.807) is 6.08 Å². The molecule has 0 amide bonds. The van der Waals surface area contributed by atoms with E-state index >= 15 is 0 Å². The molecule has 0 saturated heterocycles. The Morgan fingerprint density at radius 2 is 1.88 bits per heavy atom. The first-order valence-corrected chi connectivity index (χ1v) is 6.07. The molecule has 0 aromatic heterocycles. The lowest BCUT2D eigenvalue weighted by molar-refractivity contribution is -0.144. The van der Waals surface area contributed by atoms with Crippen LogP contribution in [-0.2, 0) is 10.2 Å². The number of rotatable bonds is 5. The monoisotopic (exact) mass is 234 g/mol. The third kappa shape index (κ3) is 3.45. The van der Waals surface area contributed by atoms with Crippen LogP contribution in [0.15, 0.2) is 43.0 Å². The molecule has 0 radical (unpaired) electrons. The Labute approximate surface area is 104 Å². The maximum atomic E-state index is 11.4. The van der Waals surface area contributed by atoms with Gasteiger partial charge in [-0.1, -0.05) is 57.2 Å². The zero-order valence-corrected chi connectivity index (χ0v) is 10.9. The number of hydrogen-bond acceptors (Lipinski definition) is 1. The Balaban J connectivity index is 0.00000121. The molecule has 1 aromatic carbocycles. The fraction of sp³-hybridized carbons (Fsp3) is 0.400. The van der Waals surface area contributed by atoms with Crippen LogP contribution in [0.4, 0.5) is 0 Å². The fourth-order valence-electron chi connectivity index (χ4n) is 1.83. The SMILES string of the molecule is C=CCC(CC)(C(=O)O)c1ccccc1.CC. The minimum Gasteiger partial charge on any atom is -0.481 e. The highest BCUT2D eigenvalue weighted by molar-refractivity contribution is 5.81. The van der Waals surface area contributed by atoms with Crippen LogP contribution < -0.4 is 0 Å². The molecule has 0 fully saturated rings. The zero-order chi connectivity index (χ0) is 13.3. The van der Waals surface area contributed by atoms with Crippen molar-refractivity contribution < 1.29 is 9.90 Å².